The van der Waals surface area contributed by atoms with Crippen LogP contribution in [0.15, 0.2) is 0 Å². The van der Waals surface area contributed by atoms with Crippen molar-refractivity contribution in [2.24, 2.45) is 0 Å². The molecule has 2 aliphatic rings. The quantitative estimate of drug-likeness (QED) is 0.286. The van der Waals surface area contributed by atoms with Crippen LogP contribution >= 0.6 is 0 Å². The van der Waals surface area contributed by atoms with E-state index in [1.165, 1.54) is 0 Å². The Hall–Kier alpha value is -2.25. The number of aliphatic hydroxyl groups excluding tert-OH is 1. The largest absolute Gasteiger partial charge is 0.457 e. The summed E-state index contributed by atoms with van der Waals surface area (Å²) in [6.45, 7) is -0.392. The Balaban J connectivity index is 1.69. The zero-order valence-electron chi connectivity index (χ0n) is 13.1. The van der Waals surface area contributed by atoms with Crippen molar-refractivity contribution in [3.63, 3.8) is 0 Å². The van der Waals surface area contributed by atoms with Gasteiger partial charge < -0.3 is 29.0 Å². The summed E-state index contributed by atoms with van der Waals surface area (Å²) < 4.78 is 15.9. The number of fused-ring (bicyclic) bond motifs is 1. The number of aliphatic hydroxyl groups is 1. The monoisotopic (exact) mass is 366 g/mol. The zero-order valence-corrected chi connectivity index (χ0v) is 13.1. The van der Waals surface area contributed by atoms with Crippen LogP contribution in [0, 0.1) is 20.2 Å². The van der Waals surface area contributed by atoms with Gasteiger partial charge in [-0.15, -0.1) is 20.2 Å². The first-order valence-electron chi connectivity index (χ1n) is 7.56. The minimum Gasteiger partial charge on any atom is -0.457 e. The molecule has 0 saturated carbocycles. The van der Waals surface area contributed by atoms with E-state index in [0.29, 0.717) is 0 Å². The van der Waals surface area contributed by atoms with Gasteiger partial charge in [0.2, 0.25) is 0 Å². The molecule has 2 rings (SSSR count). The second-order valence-corrected chi connectivity index (χ2v) is 5.55. The summed E-state index contributed by atoms with van der Waals surface area (Å²) in [5, 5.41) is 27.9. The van der Waals surface area contributed by atoms with Gasteiger partial charge in [0.25, 0.3) is 10.2 Å². The van der Waals surface area contributed by atoms with E-state index in [4.69, 9.17) is 14.2 Å². The average molecular weight is 366 g/mol. The maximum Gasteiger partial charge on any atom is 0.306 e. The van der Waals surface area contributed by atoms with Gasteiger partial charge in [-0.1, -0.05) is 0 Å². The van der Waals surface area contributed by atoms with Crippen molar-refractivity contribution < 1.29 is 44.0 Å². The summed E-state index contributed by atoms with van der Waals surface area (Å²) in [5.41, 5.74) is 0. The van der Waals surface area contributed by atoms with E-state index >= 15 is 0 Å². The molecule has 0 aromatic heterocycles. The molecule has 13 heteroatoms. The molecule has 25 heavy (non-hydrogen) atoms. The van der Waals surface area contributed by atoms with Crippen LogP contribution in [0.2, 0.25) is 0 Å². The lowest BCUT2D eigenvalue weighted by atomic mass is 10.1. The average Bonchev–Trinajstić information content (AvgIpc) is 3.08. The van der Waals surface area contributed by atoms with Crippen molar-refractivity contribution >= 4 is 5.97 Å². The van der Waals surface area contributed by atoms with Crippen LogP contribution in [0.3, 0.4) is 0 Å². The van der Waals surface area contributed by atoms with Crippen molar-refractivity contribution in [3.8, 4) is 0 Å². The highest BCUT2D eigenvalue weighted by molar-refractivity contribution is 5.69. The third-order valence-corrected chi connectivity index (χ3v) is 3.77. The molecule has 0 bridgehead atoms. The molecular formula is C12H18N2O11. The van der Waals surface area contributed by atoms with Gasteiger partial charge >= 0.3 is 5.97 Å². The SMILES string of the molecule is O=C(CCCC(CO[N+](=O)[O-])O[N+](=O)[O-])O[C@@H]1CO[C@@H]2C(O)CO[C@@H]21. The van der Waals surface area contributed by atoms with Crippen molar-refractivity contribution in [3.05, 3.63) is 20.2 Å². The fourth-order valence-corrected chi connectivity index (χ4v) is 2.68. The zero-order chi connectivity index (χ0) is 18.4. The van der Waals surface area contributed by atoms with Gasteiger partial charge in [0.1, 0.15) is 31.0 Å². The number of carbonyl (C=O) groups is 1. The molecule has 2 saturated heterocycles. The van der Waals surface area contributed by atoms with Crippen LogP contribution in [0.25, 0.3) is 0 Å². The molecule has 13 nitrogen and oxygen atoms in total. The first-order chi connectivity index (χ1) is 11.9. The molecule has 1 N–H and O–H groups in total. The van der Waals surface area contributed by atoms with Crippen LogP contribution in [0.4, 0.5) is 0 Å². The van der Waals surface area contributed by atoms with E-state index in [9.17, 15) is 30.1 Å². The molecule has 2 aliphatic heterocycles. The van der Waals surface area contributed by atoms with Crippen LogP contribution in [0.5, 0.6) is 0 Å². The van der Waals surface area contributed by atoms with Crippen LogP contribution in [-0.2, 0) is 28.7 Å². The second-order valence-electron chi connectivity index (χ2n) is 5.55. The van der Waals surface area contributed by atoms with Gasteiger partial charge in [0.15, 0.2) is 6.10 Å². The highest BCUT2D eigenvalue weighted by Crippen LogP contribution is 2.29. The Bertz CT molecular complexity index is 501. The fraction of sp³-hybridized carbons (Fsp3) is 0.917. The number of hydrogen-bond acceptors (Lipinski definition) is 11. The summed E-state index contributed by atoms with van der Waals surface area (Å²) in [7, 11) is 0. The van der Waals surface area contributed by atoms with Crippen molar-refractivity contribution in [1.82, 2.24) is 0 Å². The van der Waals surface area contributed by atoms with Crippen LogP contribution in [0.1, 0.15) is 19.3 Å². The maximum absolute atomic E-state index is 11.8. The van der Waals surface area contributed by atoms with Crippen LogP contribution in [-0.4, -0.2) is 71.6 Å². The first kappa shape index (κ1) is 19.1. The molecule has 0 amide bonds. The highest BCUT2D eigenvalue weighted by atomic mass is 17.0. The highest BCUT2D eigenvalue weighted by Gasteiger charge is 2.48. The number of rotatable bonds is 10. The molecular weight excluding hydrogens is 348 g/mol. The second kappa shape index (κ2) is 8.73. The Morgan fingerprint density at radius 1 is 1.20 bits per heavy atom. The summed E-state index contributed by atoms with van der Waals surface area (Å²) in [6, 6.07) is 0. The summed E-state index contributed by atoms with van der Waals surface area (Å²) >= 11 is 0. The minimum atomic E-state index is -1.17. The van der Waals surface area contributed by atoms with Gasteiger partial charge in [0.05, 0.1) is 13.2 Å². The molecule has 0 aliphatic carbocycles. The van der Waals surface area contributed by atoms with E-state index in [2.05, 4.69) is 9.68 Å². The normalized spacial score (nSPS) is 28.8. The molecule has 0 radical (unpaired) electrons. The third kappa shape index (κ3) is 5.65. The smallest absolute Gasteiger partial charge is 0.306 e. The van der Waals surface area contributed by atoms with Crippen molar-refractivity contribution in [1.29, 1.82) is 0 Å². The number of ether oxygens (including phenoxy) is 3. The van der Waals surface area contributed by atoms with E-state index < -0.39 is 53.3 Å². The number of esters is 1. The number of hydrogen-bond donors (Lipinski definition) is 1. The molecule has 0 aromatic rings. The van der Waals surface area contributed by atoms with Crippen molar-refractivity contribution in [2.75, 3.05) is 19.8 Å². The predicted molar refractivity (Wildman–Crippen MR) is 74.0 cm³/mol. The molecule has 142 valence electrons. The lowest BCUT2D eigenvalue weighted by Gasteiger charge is -2.17. The summed E-state index contributed by atoms with van der Waals surface area (Å²) in [6.07, 6.45) is -3.52. The van der Waals surface area contributed by atoms with E-state index in [1.807, 2.05) is 0 Å². The standard InChI is InChI=1S/C12H18N2O11/c15-8-5-21-12-9(6-22-11(8)12)24-10(16)3-1-2-7(25-14(19)20)4-23-13(17)18/h7-9,11-12,15H,1-6H2/t7?,8?,9-,11-,12-/m1/s1. The topological polar surface area (TPSA) is 170 Å². The summed E-state index contributed by atoms with van der Waals surface area (Å²) in [5.74, 6) is -0.575. The lowest BCUT2D eigenvalue weighted by molar-refractivity contribution is -0.790. The molecule has 5 atom stereocenters. The molecule has 0 aromatic carbocycles. The van der Waals surface area contributed by atoms with Gasteiger partial charge in [-0.25, -0.2) is 0 Å². The summed E-state index contributed by atoms with van der Waals surface area (Å²) in [4.78, 5) is 40.6. The minimum absolute atomic E-state index is 0.00759. The number of carbonyl (C=O) groups excluding carboxylic acids is 1. The predicted octanol–water partition coefficient (Wildman–Crippen LogP) is -0.988. The molecule has 2 fully saturated rings. The van der Waals surface area contributed by atoms with Gasteiger partial charge in [-0.2, -0.15) is 0 Å². The third-order valence-electron chi connectivity index (χ3n) is 3.77. The Morgan fingerprint density at radius 2 is 1.92 bits per heavy atom. The Morgan fingerprint density at radius 3 is 2.60 bits per heavy atom. The van der Waals surface area contributed by atoms with Crippen LogP contribution < -0.4 is 0 Å². The molecule has 0 spiro atoms. The lowest BCUT2D eigenvalue weighted by Crippen LogP contribution is -2.34. The Labute approximate surface area is 140 Å². The van der Waals surface area contributed by atoms with E-state index in [1.54, 1.807) is 0 Å². The fourth-order valence-electron chi connectivity index (χ4n) is 2.68. The van der Waals surface area contributed by atoms with Gasteiger partial charge in [0, 0.05) is 6.42 Å². The first-order valence-corrected chi connectivity index (χ1v) is 7.56. The molecule has 2 heterocycles. The van der Waals surface area contributed by atoms with Gasteiger partial charge in [-0.3, -0.25) is 4.79 Å². The van der Waals surface area contributed by atoms with E-state index in [0.717, 1.165) is 0 Å². The maximum atomic E-state index is 11.8. The van der Waals surface area contributed by atoms with Crippen molar-refractivity contribution in [2.45, 2.75) is 49.8 Å². The van der Waals surface area contributed by atoms with E-state index in [-0.39, 0.29) is 32.5 Å². The molecule has 2 unspecified atom stereocenters. The van der Waals surface area contributed by atoms with Gasteiger partial charge in [-0.05, 0) is 12.8 Å². The number of nitrogens with zero attached hydrogens (tertiary/aromatic N) is 2. The Kier molecular flexibility index (Phi) is 6.66.